The van der Waals surface area contributed by atoms with Crippen LogP contribution in [0.25, 0.3) is 0 Å². The highest BCUT2D eigenvalue weighted by Crippen LogP contribution is 2.49. The third kappa shape index (κ3) is 1.99. The molecule has 24 heavy (non-hydrogen) atoms. The molecular formula is C20H20N4. The van der Waals surface area contributed by atoms with Crippen LogP contribution in [0.1, 0.15) is 30.9 Å². The van der Waals surface area contributed by atoms with Crippen LogP contribution in [0.5, 0.6) is 0 Å². The smallest absolute Gasteiger partial charge is 0.0848 e. The SMILES string of the molecule is C1=NN2c3ccccc3C3C(CC=NN3c3ccccc3)C2CC1. The third-order valence-corrected chi connectivity index (χ3v) is 5.38. The van der Waals surface area contributed by atoms with E-state index in [1.54, 1.807) is 0 Å². The molecular weight excluding hydrogens is 296 g/mol. The quantitative estimate of drug-likeness (QED) is 0.789. The summed E-state index contributed by atoms with van der Waals surface area (Å²) in [6.07, 6.45) is 7.38. The van der Waals surface area contributed by atoms with Gasteiger partial charge in [0.25, 0.3) is 0 Å². The van der Waals surface area contributed by atoms with E-state index >= 15 is 0 Å². The van der Waals surface area contributed by atoms with Crippen LogP contribution in [0.3, 0.4) is 0 Å². The minimum atomic E-state index is 0.281. The van der Waals surface area contributed by atoms with E-state index in [-0.39, 0.29) is 6.04 Å². The Morgan fingerprint density at radius 2 is 1.62 bits per heavy atom. The van der Waals surface area contributed by atoms with E-state index in [1.807, 2.05) is 0 Å². The van der Waals surface area contributed by atoms with Crippen LogP contribution >= 0.6 is 0 Å². The van der Waals surface area contributed by atoms with Crippen molar-refractivity contribution >= 4 is 23.8 Å². The molecule has 0 aliphatic carbocycles. The number of nitrogens with zero attached hydrogens (tertiary/aromatic N) is 4. The van der Waals surface area contributed by atoms with Crippen LogP contribution in [0, 0.1) is 5.92 Å². The van der Waals surface area contributed by atoms with Gasteiger partial charge in [-0.3, -0.25) is 10.0 Å². The average Bonchev–Trinajstić information content (AvgIpc) is 2.68. The van der Waals surface area contributed by atoms with Gasteiger partial charge in [0.2, 0.25) is 0 Å². The lowest BCUT2D eigenvalue weighted by Crippen LogP contribution is -2.51. The molecule has 0 saturated carbocycles. The Morgan fingerprint density at radius 1 is 0.833 bits per heavy atom. The van der Waals surface area contributed by atoms with Crippen molar-refractivity contribution in [3.8, 4) is 0 Å². The highest BCUT2D eigenvalue weighted by Gasteiger charge is 2.45. The van der Waals surface area contributed by atoms with Gasteiger partial charge in [-0.25, -0.2) is 0 Å². The van der Waals surface area contributed by atoms with Crippen molar-refractivity contribution in [2.45, 2.75) is 31.3 Å². The summed E-state index contributed by atoms with van der Waals surface area (Å²) >= 11 is 0. The number of rotatable bonds is 1. The first-order chi connectivity index (χ1) is 11.9. The summed E-state index contributed by atoms with van der Waals surface area (Å²) in [7, 11) is 0. The Balaban J connectivity index is 1.68. The molecule has 5 rings (SSSR count). The fourth-order valence-electron chi connectivity index (χ4n) is 4.36. The fourth-order valence-corrected chi connectivity index (χ4v) is 4.36. The molecule has 4 heteroatoms. The highest BCUT2D eigenvalue weighted by atomic mass is 15.5. The van der Waals surface area contributed by atoms with Crippen LogP contribution in [0.2, 0.25) is 0 Å². The molecule has 0 aromatic heterocycles. The van der Waals surface area contributed by atoms with Crippen LogP contribution in [0.15, 0.2) is 64.8 Å². The molecule has 3 aliphatic heterocycles. The molecule has 0 amide bonds. The van der Waals surface area contributed by atoms with Crippen molar-refractivity contribution in [1.29, 1.82) is 0 Å². The molecule has 3 atom stereocenters. The maximum atomic E-state index is 4.77. The van der Waals surface area contributed by atoms with Gasteiger partial charge < -0.3 is 0 Å². The van der Waals surface area contributed by atoms with Crippen molar-refractivity contribution in [3.63, 3.8) is 0 Å². The highest BCUT2D eigenvalue weighted by molar-refractivity contribution is 5.71. The predicted molar refractivity (Wildman–Crippen MR) is 98.7 cm³/mol. The zero-order valence-electron chi connectivity index (χ0n) is 13.5. The monoisotopic (exact) mass is 316 g/mol. The summed E-state index contributed by atoms with van der Waals surface area (Å²) in [4.78, 5) is 0. The number of hydrogen-bond donors (Lipinski definition) is 0. The van der Waals surface area contributed by atoms with E-state index in [0.29, 0.717) is 12.0 Å². The predicted octanol–water partition coefficient (Wildman–Crippen LogP) is 4.21. The number of anilines is 2. The van der Waals surface area contributed by atoms with Gasteiger partial charge >= 0.3 is 0 Å². The molecule has 2 aromatic carbocycles. The van der Waals surface area contributed by atoms with E-state index in [1.165, 1.54) is 11.3 Å². The van der Waals surface area contributed by atoms with Crippen molar-refractivity contribution in [2.24, 2.45) is 16.1 Å². The van der Waals surface area contributed by atoms with E-state index in [4.69, 9.17) is 10.2 Å². The van der Waals surface area contributed by atoms with Gasteiger partial charge in [-0.05, 0) is 37.5 Å². The van der Waals surface area contributed by atoms with E-state index < -0.39 is 0 Å². The zero-order chi connectivity index (χ0) is 15.9. The molecule has 0 spiro atoms. The van der Waals surface area contributed by atoms with Crippen LogP contribution in [-0.2, 0) is 0 Å². The number of hydrogen-bond acceptors (Lipinski definition) is 4. The molecule has 3 aliphatic rings. The van der Waals surface area contributed by atoms with Crippen molar-refractivity contribution in [1.82, 2.24) is 0 Å². The molecule has 0 saturated heterocycles. The van der Waals surface area contributed by atoms with Gasteiger partial charge in [-0.15, -0.1) is 0 Å². The Hall–Kier alpha value is -2.62. The number of benzene rings is 2. The maximum Gasteiger partial charge on any atom is 0.0848 e. The first-order valence-corrected chi connectivity index (χ1v) is 8.71. The number of fused-ring (bicyclic) bond motifs is 6. The summed E-state index contributed by atoms with van der Waals surface area (Å²) in [6.45, 7) is 0. The molecule has 0 N–H and O–H groups in total. The average molecular weight is 316 g/mol. The second-order valence-corrected chi connectivity index (χ2v) is 6.67. The van der Waals surface area contributed by atoms with Gasteiger partial charge in [0, 0.05) is 23.9 Å². The van der Waals surface area contributed by atoms with Gasteiger partial charge in [0.05, 0.1) is 23.5 Å². The van der Waals surface area contributed by atoms with Gasteiger partial charge in [0.15, 0.2) is 0 Å². The Bertz CT molecular complexity index is 798. The van der Waals surface area contributed by atoms with E-state index in [0.717, 1.165) is 24.9 Å². The molecule has 0 bridgehead atoms. The standard InChI is InChI=1S/C20H20N4/c1-2-7-15(8-3-1)23-20-16-9-4-5-10-18(16)24-19(11-6-13-21-24)17(20)12-14-22-23/h1-5,7-10,13-14,17,19-20H,6,11-12H2. The zero-order valence-corrected chi connectivity index (χ0v) is 13.5. The van der Waals surface area contributed by atoms with Gasteiger partial charge in [0.1, 0.15) is 0 Å². The molecule has 4 nitrogen and oxygen atoms in total. The Labute approximate surface area is 142 Å². The lowest BCUT2D eigenvalue weighted by Gasteiger charge is -2.50. The Kier molecular flexibility index (Phi) is 3.15. The topological polar surface area (TPSA) is 31.2 Å². The van der Waals surface area contributed by atoms with E-state index in [2.05, 4.69) is 77.0 Å². The lowest BCUT2D eigenvalue weighted by molar-refractivity contribution is 0.294. The molecule has 3 heterocycles. The first kappa shape index (κ1) is 13.8. The van der Waals surface area contributed by atoms with Gasteiger partial charge in [-0.2, -0.15) is 10.2 Å². The van der Waals surface area contributed by atoms with Crippen molar-refractivity contribution in [2.75, 3.05) is 10.0 Å². The minimum Gasteiger partial charge on any atom is -0.262 e. The number of hydrazone groups is 2. The van der Waals surface area contributed by atoms with Crippen LogP contribution < -0.4 is 10.0 Å². The third-order valence-electron chi connectivity index (χ3n) is 5.38. The molecule has 2 aromatic rings. The summed E-state index contributed by atoms with van der Waals surface area (Å²) < 4.78 is 0. The fraction of sp³-hybridized carbons (Fsp3) is 0.300. The summed E-state index contributed by atoms with van der Waals surface area (Å²) in [5.41, 5.74) is 3.72. The first-order valence-electron chi connectivity index (χ1n) is 8.71. The van der Waals surface area contributed by atoms with Crippen LogP contribution in [-0.4, -0.2) is 18.5 Å². The normalized spacial score (nSPS) is 27.4. The van der Waals surface area contributed by atoms with Crippen molar-refractivity contribution < 1.29 is 0 Å². The summed E-state index contributed by atoms with van der Waals surface area (Å²) in [5.74, 6) is 0.509. The van der Waals surface area contributed by atoms with Crippen molar-refractivity contribution in [3.05, 3.63) is 60.2 Å². The number of para-hydroxylation sites is 2. The molecule has 0 radical (unpaired) electrons. The lowest BCUT2D eigenvalue weighted by atomic mass is 9.77. The van der Waals surface area contributed by atoms with Gasteiger partial charge in [-0.1, -0.05) is 36.4 Å². The minimum absolute atomic E-state index is 0.281. The Morgan fingerprint density at radius 3 is 2.54 bits per heavy atom. The summed E-state index contributed by atoms with van der Waals surface area (Å²) in [6, 6.07) is 19.9. The summed E-state index contributed by atoms with van der Waals surface area (Å²) in [5, 5.41) is 14.0. The second-order valence-electron chi connectivity index (χ2n) is 6.67. The molecule has 0 fully saturated rings. The largest absolute Gasteiger partial charge is 0.262 e. The van der Waals surface area contributed by atoms with E-state index in [9.17, 15) is 0 Å². The van der Waals surface area contributed by atoms with Crippen LogP contribution in [0.4, 0.5) is 11.4 Å². The molecule has 3 unspecified atom stereocenters. The maximum absolute atomic E-state index is 4.77. The molecule has 120 valence electrons. The second kappa shape index (κ2) is 5.48.